The highest BCUT2D eigenvalue weighted by Crippen LogP contribution is 2.25. The summed E-state index contributed by atoms with van der Waals surface area (Å²) in [4.78, 5) is 14.0. The van der Waals surface area contributed by atoms with Crippen LogP contribution in [-0.4, -0.2) is 21.0 Å². The van der Waals surface area contributed by atoms with Crippen LogP contribution in [0.4, 0.5) is 0 Å². The van der Waals surface area contributed by atoms with E-state index in [4.69, 9.17) is 4.74 Å². The summed E-state index contributed by atoms with van der Waals surface area (Å²) in [6.07, 6.45) is 0. The minimum absolute atomic E-state index is 0.410. The molecule has 0 spiro atoms. The summed E-state index contributed by atoms with van der Waals surface area (Å²) in [5, 5.41) is 8.98. The molecule has 4 rings (SSSR count). The summed E-state index contributed by atoms with van der Waals surface area (Å²) in [7, 11) is 0. The van der Waals surface area contributed by atoms with E-state index in [9.17, 15) is 4.79 Å². The Morgan fingerprint density at radius 1 is 0.846 bits per heavy atom. The Hall–Kier alpha value is -3.47. The fourth-order valence-electron chi connectivity index (χ4n) is 2.69. The Labute approximate surface area is 150 Å². The predicted molar refractivity (Wildman–Crippen MR) is 99.7 cm³/mol. The molecule has 5 heteroatoms. The topological polar surface area (TPSA) is 57.0 Å². The first-order valence-corrected chi connectivity index (χ1v) is 8.32. The second-order valence-electron chi connectivity index (χ2n) is 6.20. The minimum atomic E-state index is -0.410. The van der Waals surface area contributed by atoms with Crippen LogP contribution in [0.5, 0.6) is 5.75 Å². The molecule has 0 N–H and O–H groups in total. The first-order chi connectivity index (χ1) is 12.6. The number of nitrogens with zero attached hydrogens (tertiary/aromatic N) is 3. The molecule has 0 aliphatic carbocycles. The van der Waals surface area contributed by atoms with E-state index in [1.807, 2.05) is 62.4 Å². The molecule has 0 aliphatic rings. The van der Waals surface area contributed by atoms with Gasteiger partial charge in [0.25, 0.3) is 0 Å². The third kappa shape index (κ3) is 3.07. The molecule has 0 saturated carbocycles. The second-order valence-corrected chi connectivity index (χ2v) is 6.20. The fraction of sp³-hybridized carbons (Fsp3) is 0.0952. The van der Waals surface area contributed by atoms with E-state index in [-0.39, 0.29) is 0 Å². The summed E-state index contributed by atoms with van der Waals surface area (Å²) in [5.41, 5.74) is 4.80. The van der Waals surface area contributed by atoms with Crippen molar-refractivity contribution in [2.75, 3.05) is 0 Å². The molecule has 0 saturated heterocycles. The zero-order chi connectivity index (χ0) is 18.1. The highest BCUT2D eigenvalue weighted by molar-refractivity contribution is 5.91. The summed E-state index contributed by atoms with van der Waals surface area (Å²) in [6, 6.07) is 20.5. The van der Waals surface area contributed by atoms with Crippen LogP contribution in [0.25, 0.3) is 16.7 Å². The maximum absolute atomic E-state index is 12.5. The lowest BCUT2D eigenvalue weighted by Gasteiger charge is -2.10. The lowest BCUT2D eigenvalue weighted by atomic mass is 10.1. The van der Waals surface area contributed by atoms with Crippen LogP contribution in [0, 0.1) is 13.8 Å². The average Bonchev–Trinajstić information content (AvgIpc) is 3.07. The smallest absolute Gasteiger partial charge is 0.343 e. The average molecular weight is 343 g/mol. The van der Waals surface area contributed by atoms with E-state index in [1.165, 1.54) is 4.80 Å². The number of benzene rings is 3. The van der Waals surface area contributed by atoms with Gasteiger partial charge in [0.15, 0.2) is 5.75 Å². The van der Waals surface area contributed by atoms with E-state index in [0.717, 1.165) is 22.2 Å². The molecule has 5 nitrogen and oxygen atoms in total. The van der Waals surface area contributed by atoms with Crippen molar-refractivity contribution in [2.45, 2.75) is 13.8 Å². The summed E-state index contributed by atoms with van der Waals surface area (Å²) in [5.74, 6) is 0.00768. The third-order valence-corrected chi connectivity index (χ3v) is 4.11. The number of carbonyl (C=O) groups is 1. The zero-order valence-corrected chi connectivity index (χ0v) is 14.5. The number of aryl methyl sites for hydroxylation is 2. The van der Waals surface area contributed by atoms with Crippen molar-refractivity contribution in [2.24, 2.45) is 0 Å². The van der Waals surface area contributed by atoms with E-state index in [2.05, 4.69) is 10.2 Å². The molecular formula is C21H17N3O2. The predicted octanol–water partition coefficient (Wildman–Crippen LogP) is 4.26. The molecule has 3 aromatic carbocycles. The molecule has 4 aromatic rings. The van der Waals surface area contributed by atoms with Gasteiger partial charge in [0, 0.05) is 0 Å². The number of hydrogen-bond acceptors (Lipinski definition) is 4. The van der Waals surface area contributed by atoms with E-state index in [1.54, 1.807) is 18.2 Å². The molecule has 0 amide bonds. The Morgan fingerprint density at radius 2 is 1.46 bits per heavy atom. The Bertz CT molecular complexity index is 1060. The SMILES string of the molecule is Cc1ccc(C(=O)Oc2ccc(C)cc2-n2nc3ccccc3n2)cc1. The number of rotatable bonds is 3. The van der Waals surface area contributed by atoms with Gasteiger partial charge in [-0.25, -0.2) is 4.79 Å². The maximum atomic E-state index is 12.5. The van der Waals surface area contributed by atoms with Crippen molar-refractivity contribution in [3.05, 3.63) is 83.4 Å². The molecule has 1 heterocycles. The summed E-state index contributed by atoms with van der Waals surface area (Å²) in [6.45, 7) is 3.94. The standard InChI is InChI=1S/C21H17N3O2/c1-14-7-10-16(11-8-14)21(25)26-20-12-9-15(2)13-19(20)24-22-17-5-3-4-6-18(17)23-24/h3-13H,1-2H3. The normalized spacial score (nSPS) is 10.8. The van der Waals surface area contributed by atoms with Crippen LogP contribution < -0.4 is 4.74 Å². The number of carbonyl (C=O) groups excluding carboxylic acids is 1. The third-order valence-electron chi connectivity index (χ3n) is 4.11. The molecule has 0 bridgehead atoms. The van der Waals surface area contributed by atoms with Crippen LogP contribution in [0.3, 0.4) is 0 Å². The largest absolute Gasteiger partial charge is 0.421 e. The lowest BCUT2D eigenvalue weighted by molar-refractivity contribution is 0.0734. The fourth-order valence-corrected chi connectivity index (χ4v) is 2.69. The van der Waals surface area contributed by atoms with Gasteiger partial charge in [-0.3, -0.25) is 0 Å². The molecule has 0 aliphatic heterocycles. The van der Waals surface area contributed by atoms with Gasteiger partial charge in [-0.15, -0.1) is 15.0 Å². The lowest BCUT2D eigenvalue weighted by Crippen LogP contribution is -2.11. The van der Waals surface area contributed by atoms with Crippen LogP contribution >= 0.6 is 0 Å². The molecule has 1 aromatic heterocycles. The van der Waals surface area contributed by atoms with Crippen molar-refractivity contribution < 1.29 is 9.53 Å². The zero-order valence-electron chi connectivity index (χ0n) is 14.5. The van der Waals surface area contributed by atoms with Gasteiger partial charge >= 0.3 is 5.97 Å². The van der Waals surface area contributed by atoms with Gasteiger partial charge in [0.1, 0.15) is 16.7 Å². The molecular weight excluding hydrogens is 326 g/mol. The number of hydrogen-bond donors (Lipinski definition) is 0. The van der Waals surface area contributed by atoms with Gasteiger partial charge in [-0.1, -0.05) is 35.9 Å². The minimum Gasteiger partial charge on any atom is -0.421 e. The highest BCUT2D eigenvalue weighted by Gasteiger charge is 2.15. The molecule has 128 valence electrons. The first-order valence-electron chi connectivity index (χ1n) is 8.32. The van der Waals surface area contributed by atoms with Crippen LogP contribution in [0.2, 0.25) is 0 Å². The quantitative estimate of drug-likeness (QED) is 0.412. The Balaban J connectivity index is 1.72. The molecule has 0 fully saturated rings. The summed E-state index contributed by atoms with van der Waals surface area (Å²) < 4.78 is 5.64. The van der Waals surface area contributed by atoms with Crippen molar-refractivity contribution in [1.82, 2.24) is 15.0 Å². The molecule has 0 atom stereocenters. The van der Waals surface area contributed by atoms with Gasteiger partial charge in [0.2, 0.25) is 0 Å². The van der Waals surface area contributed by atoms with E-state index in [0.29, 0.717) is 17.0 Å². The molecule has 0 radical (unpaired) electrons. The summed E-state index contributed by atoms with van der Waals surface area (Å²) >= 11 is 0. The monoisotopic (exact) mass is 343 g/mol. The number of aromatic nitrogens is 3. The van der Waals surface area contributed by atoms with E-state index < -0.39 is 5.97 Å². The Morgan fingerprint density at radius 3 is 2.12 bits per heavy atom. The highest BCUT2D eigenvalue weighted by atomic mass is 16.5. The van der Waals surface area contributed by atoms with Crippen LogP contribution in [0.15, 0.2) is 66.7 Å². The van der Waals surface area contributed by atoms with Gasteiger partial charge < -0.3 is 4.74 Å². The van der Waals surface area contributed by atoms with Gasteiger partial charge in [-0.2, -0.15) is 0 Å². The van der Waals surface area contributed by atoms with Gasteiger partial charge in [-0.05, 0) is 55.8 Å². The van der Waals surface area contributed by atoms with Crippen molar-refractivity contribution in [3.63, 3.8) is 0 Å². The van der Waals surface area contributed by atoms with E-state index >= 15 is 0 Å². The molecule has 0 unspecified atom stereocenters. The number of fused-ring (bicyclic) bond motifs is 1. The Kier molecular flexibility index (Phi) is 3.97. The maximum Gasteiger partial charge on any atom is 0.343 e. The first kappa shape index (κ1) is 16.0. The number of ether oxygens (including phenoxy) is 1. The van der Waals surface area contributed by atoms with Crippen molar-refractivity contribution >= 4 is 17.0 Å². The van der Waals surface area contributed by atoms with Gasteiger partial charge in [0.05, 0.1) is 5.56 Å². The second kappa shape index (κ2) is 6.44. The van der Waals surface area contributed by atoms with Crippen LogP contribution in [-0.2, 0) is 0 Å². The molecule has 26 heavy (non-hydrogen) atoms. The van der Waals surface area contributed by atoms with Crippen molar-refractivity contribution in [1.29, 1.82) is 0 Å². The van der Waals surface area contributed by atoms with Crippen LogP contribution in [0.1, 0.15) is 21.5 Å². The van der Waals surface area contributed by atoms with Crippen molar-refractivity contribution in [3.8, 4) is 11.4 Å². The number of esters is 1.